The van der Waals surface area contributed by atoms with Crippen LogP contribution in [0, 0.1) is 12.7 Å². The topological polar surface area (TPSA) is 66.9 Å². The van der Waals surface area contributed by atoms with Crippen LogP contribution in [0.5, 0.6) is 0 Å². The predicted octanol–water partition coefficient (Wildman–Crippen LogP) is 3.99. The Morgan fingerprint density at radius 2 is 1.78 bits per heavy atom. The van der Waals surface area contributed by atoms with Gasteiger partial charge in [-0.25, -0.2) is 12.8 Å². The molecule has 1 aliphatic heterocycles. The van der Waals surface area contributed by atoms with E-state index < -0.39 is 10.0 Å². The number of benzene rings is 2. The third-order valence-corrected chi connectivity index (χ3v) is 7.55. The summed E-state index contributed by atoms with van der Waals surface area (Å²) in [6, 6.07) is 10.8. The summed E-state index contributed by atoms with van der Waals surface area (Å²) < 4.78 is 46.1. The first-order chi connectivity index (χ1) is 15.3. The van der Waals surface area contributed by atoms with Crippen molar-refractivity contribution in [3.8, 4) is 0 Å². The SMILES string of the molecule is CCCCCN(Cc1ccc(F)cc1)C(=O)c1cc(S(=O)(=O)N2CCOCC2)ccc1C. The molecule has 0 unspecified atom stereocenters. The molecule has 1 heterocycles. The van der Waals surface area contributed by atoms with E-state index in [0.717, 1.165) is 30.4 Å². The van der Waals surface area contributed by atoms with Gasteiger partial charge in [-0.2, -0.15) is 4.31 Å². The maximum Gasteiger partial charge on any atom is 0.254 e. The summed E-state index contributed by atoms with van der Waals surface area (Å²) in [7, 11) is -3.70. The first-order valence-electron chi connectivity index (χ1n) is 11.0. The third kappa shape index (κ3) is 5.94. The number of morpholine rings is 1. The molecule has 3 rings (SSSR count). The van der Waals surface area contributed by atoms with Crippen LogP contribution in [0.15, 0.2) is 47.4 Å². The average Bonchev–Trinajstić information content (AvgIpc) is 2.80. The highest BCUT2D eigenvalue weighted by atomic mass is 32.2. The van der Waals surface area contributed by atoms with Crippen LogP contribution in [0.3, 0.4) is 0 Å². The Kier molecular flexibility index (Phi) is 8.39. The second-order valence-corrected chi connectivity index (χ2v) is 9.99. The van der Waals surface area contributed by atoms with Crippen molar-refractivity contribution in [1.29, 1.82) is 0 Å². The van der Waals surface area contributed by atoms with Crippen LogP contribution in [0.1, 0.15) is 47.7 Å². The Labute approximate surface area is 190 Å². The van der Waals surface area contributed by atoms with E-state index in [1.807, 2.05) is 0 Å². The molecule has 174 valence electrons. The molecule has 2 aromatic rings. The van der Waals surface area contributed by atoms with Gasteiger partial charge in [-0.05, 0) is 48.7 Å². The van der Waals surface area contributed by atoms with Gasteiger partial charge in [0, 0.05) is 31.7 Å². The number of unbranched alkanes of at least 4 members (excludes halogenated alkanes) is 2. The summed E-state index contributed by atoms with van der Waals surface area (Å²) in [5.74, 6) is -0.545. The van der Waals surface area contributed by atoms with E-state index in [9.17, 15) is 17.6 Å². The highest BCUT2D eigenvalue weighted by Crippen LogP contribution is 2.23. The van der Waals surface area contributed by atoms with Crippen LogP contribution in [-0.4, -0.2) is 56.4 Å². The summed E-state index contributed by atoms with van der Waals surface area (Å²) in [5, 5.41) is 0. The number of carbonyl (C=O) groups excluding carboxylic acids is 1. The van der Waals surface area contributed by atoms with Crippen molar-refractivity contribution >= 4 is 15.9 Å². The lowest BCUT2D eigenvalue weighted by molar-refractivity contribution is 0.0728. The van der Waals surface area contributed by atoms with Crippen molar-refractivity contribution in [3.05, 3.63) is 65.0 Å². The number of aryl methyl sites for hydroxylation is 1. The second kappa shape index (κ2) is 11.0. The summed E-state index contributed by atoms with van der Waals surface area (Å²) in [5.41, 5.74) is 1.92. The molecule has 0 radical (unpaired) electrons. The van der Waals surface area contributed by atoms with Crippen molar-refractivity contribution in [2.24, 2.45) is 0 Å². The molecule has 0 aromatic heterocycles. The Morgan fingerprint density at radius 1 is 1.09 bits per heavy atom. The molecule has 6 nitrogen and oxygen atoms in total. The van der Waals surface area contributed by atoms with E-state index >= 15 is 0 Å². The molecule has 0 aliphatic carbocycles. The van der Waals surface area contributed by atoms with E-state index in [0.29, 0.717) is 45.0 Å². The zero-order chi connectivity index (χ0) is 23.1. The lowest BCUT2D eigenvalue weighted by Gasteiger charge is -2.27. The minimum atomic E-state index is -3.70. The number of amides is 1. The van der Waals surface area contributed by atoms with Crippen molar-refractivity contribution in [1.82, 2.24) is 9.21 Å². The Bertz CT molecular complexity index is 1020. The predicted molar refractivity (Wildman–Crippen MR) is 121 cm³/mol. The number of nitrogens with zero attached hydrogens (tertiary/aromatic N) is 2. The van der Waals surface area contributed by atoms with Crippen LogP contribution in [-0.2, 0) is 21.3 Å². The van der Waals surface area contributed by atoms with E-state index in [2.05, 4.69) is 6.92 Å². The van der Waals surface area contributed by atoms with E-state index in [1.54, 1.807) is 36.1 Å². The van der Waals surface area contributed by atoms with Crippen molar-refractivity contribution in [3.63, 3.8) is 0 Å². The van der Waals surface area contributed by atoms with Gasteiger partial charge in [0.25, 0.3) is 5.91 Å². The first-order valence-corrected chi connectivity index (χ1v) is 12.5. The van der Waals surface area contributed by atoms with Crippen molar-refractivity contribution < 1.29 is 22.3 Å². The van der Waals surface area contributed by atoms with Crippen molar-refractivity contribution in [2.75, 3.05) is 32.8 Å². The van der Waals surface area contributed by atoms with Gasteiger partial charge < -0.3 is 9.64 Å². The quantitative estimate of drug-likeness (QED) is 0.529. The van der Waals surface area contributed by atoms with Gasteiger partial charge in [-0.15, -0.1) is 0 Å². The maximum absolute atomic E-state index is 13.5. The van der Waals surface area contributed by atoms with E-state index in [4.69, 9.17) is 4.74 Å². The van der Waals surface area contributed by atoms with Crippen LogP contribution < -0.4 is 0 Å². The van der Waals surface area contributed by atoms with Crippen LogP contribution in [0.4, 0.5) is 4.39 Å². The molecule has 1 fully saturated rings. The number of ether oxygens (including phenoxy) is 1. The van der Waals surface area contributed by atoms with Gasteiger partial charge in [0.15, 0.2) is 0 Å². The fourth-order valence-corrected chi connectivity index (χ4v) is 5.15. The normalized spacial score (nSPS) is 15.0. The number of halogens is 1. The summed E-state index contributed by atoms with van der Waals surface area (Å²) in [6.45, 7) is 6.10. The minimum Gasteiger partial charge on any atom is -0.379 e. The number of sulfonamides is 1. The maximum atomic E-state index is 13.5. The van der Waals surface area contributed by atoms with Crippen LogP contribution in [0.25, 0.3) is 0 Å². The third-order valence-electron chi connectivity index (χ3n) is 5.65. The zero-order valence-electron chi connectivity index (χ0n) is 18.7. The monoisotopic (exact) mass is 462 g/mol. The minimum absolute atomic E-state index is 0.114. The van der Waals surface area contributed by atoms with Crippen molar-refractivity contribution in [2.45, 2.75) is 44.6 Å². The fourth-order valence-electron chi connectivity index (χ4n) is 3.71. The second-order valence-electron chi connectivity index (χ2n) is 8.05. The molecule has 1 amide bonds. The highest BCUT2D eigenvalue weighted by molar-refractivity contribution is 7.89. The highest BCUT2D eigenvalue weighted by Gasteiger charge is 2.28. The van der Waals surface area contributed by atoms with Crippen LogP contribution >= 0.6 is 0 Å². The van der Waals surface area contributed by atoms with Crippen LogP contribution in [0.2, 0.25) is 0 Å². The smallest absolute Gasteiger partial charge is 0.254 e. The first kappa shape index (κ1) is 24.4. The molecule has 32 heavy (non-hydrogen) atoms. The molecule has 0 atom stereocenters. The summed E-state index contributed by atoms with van der Waals surface area (Å²) in [6.07, 6.45) is 2.84. The Hall–Kier alpha value is -2.29. The molecular weight excluding hydrogens is 431 g/mol. The molecule has 0 bridgehead atoms. The number of rotatable bonds is 9. The van der Waals surface area contributed by atoms with Gasteiger partial charge >= 0.3 is 0 Å². The molecule has 1 saturated heterocycles. The van der Waals surface area contributed by atoms with E-state index in [1.165, 1.54) is 22.5 Å². The van der Waals surface area contributed by atoms with Gasteiger partial charge in [0.2, 0.25) is 10.0 Å². The average molecular weight is 463 g/mol. The molecular formula is C24H31FN2O4S. The lowest BCUT2D eigenvalue weighted by Crippen LogP contribution is -2.40. The zero-order valence-corrected chi connectivity index (χ0v) is 19.5. The molecule has 0 spiro atoms. The van der Waals surface area contributed by atoms with E-state index in [-0.39, 0.29) is 16.6 Å². The molecule has 1 aliphatic rings. The molecule has 0 N–H and O–H groups in total. The van der Waals surface area contributed by atoms with Gasteiger partial charge in [0.1, 0.15) is 5.82 Å². The van der Waals surface area contributed by atoms with Gasteiger partial charge in [0.05, 0.1) is 18.1 Å². The number of carbonyl (C=O) groups is 1. The Balaban J connectivity index is 1.88. The molecule has 0 saturated carbocycles. The standard InChI is InChI=1S/C24H31FN2O4S/c1-3-4-5-12-26(18-20-7-9-21(25)10-8-20)24(28)23-17-22(11-6-19(23)2)32(29,30)27-13-15-31-16-14-27/h6-11,17H,3-5,12-16,18H2,1-2H3. The largest absolute Gasteiger partial charge is 0.379 e. The summed E-state index contributed by atoms with van der Waals surface area (Å²) in [4.78, 5) is 15.3. The number of hydrogen-bond acceptors (Lipinski definition) is 4. The lowest BCUT2D eigenvalue weighted by atomic mass is 10.1. The molecule has 8 heteroatoms. The fraction of sp³-hybridized carbons (Fsp3) is 0.458. The molecule has 2 aromatic carbocycles. The van der Waals surface area contributed by atoms with Gasteiger partial charge in [-0.3, -0.25) is 4.79 Å². The Morgan fingerprint density at radius 3 is 2.44 bits per heavy atom. The number of hydrogen-bond donors (Lipinski definition) is 0. The summed E-state index contributed by atoms with van der Waals surface area (Å²) >= 11 is 0. The van der Waals surface area contributed by atoms with Gasteiger partial charge in [-0.1, -0.05) is 38.0 Å².